The van der Waals surface area contributed by atoms with Gasteiger partial charge in [-0.15, -0.1) is 0 Å². The van der Waals surface area contributed by atoms with E-state index in [2.05, 4.69) is 4.72 Å². The fourth-order valence-corrected chi connectivity index (χ4v) is 4.61. The molecule has 29 heavy (non-hydrogen) atoms. The van der Waals surface area contributed by atoms with Gasteiger partial charge in [-0.05, 0) is 67.6 Å². The Morgan fingerprint density at radius 1 is 1.07 bits per heavy atom. The van der Waals surface area contributed by atoms with Crippen molar-refractivity contribution < 1.29 is 27.8 Å². The van der Waals surface area contributed by atoms with Crippen LogP contribution in [0, 0.1) is 0 Å². The Morgan fingerprint density at radius 3 is 2.21 bits per heavy atom. The number of carboxylic acid groups (broad SMARTS) is 1. The van der Waals surface area contributed by atoms with Crippen molar-refractivity contribution in [3.63, 3.8) is 0 Å². The molecule has 0 aliphatic heterocycles. The van der Waals surface area contributed by atoms with Crippen LogP contribution in [0.3, 0.4) is 0 Å². The molecular formula is C21H25NO6S. The van der Waals surface area contributed by atoms with E-state index >= 15 is 0 Å². The highest BCUT2D eigenvalue weighted by Gasteiger charge is 2.24. The highest BCUT2D eigenvalue weighted by atomic mass is 32.2. The molecule has 1 atom stereocenters. The number of nitrogens with one attached hydrogen (secondary N) is 1. The number of hydrogen-bond donors (Lipinski definition) is 2. The van der Waals surface area contributed by atoms with Crippen molar-refractivity contribution in [2.75, 3.05) is 7.11 Å². The molecule has 0 radical (unpaired) electrons. The zero-order chi connectivity index (χ0) is 20.9. The van der Waals surface area contributed by atoms with Crippen LogP contribution in [0.15, 0.2) is 53.4 Å². The molecule has 3 rings (SSSR count). The predicted molar refractivity (Wildman–Crippen MR) is 108 cm³/mol. The number of benzene rings is 2. The molecule has 0 aromatic heterocycles. The molecule has 2 aromatic rings. The minimum Gasteiger partial charge on any atom is -0.497 e. The lowest BCUT2D eigenvalue weighted by Crippen LogP contribution is -2.30. The van der Waals surface area contributed by atoms with Gasteiger partial charge in [0.05, 0.1) is 30.6 Å². The number of ether oxygens (including phenoxy) is 2. The summed E-state index contributed by atoms with van der Waals surface area (Å²) in [6, 6.07) is 11.9. The van der Waals surface area contributed by atoms with E-state index in [9.17, 15) is 18.3 Å². The summed E-state index contributed by atoms with van der Waals surface area (Å²) in [5.41, 5.74) is 0.559. The highest BCUT2D eigenvalue weighted by molar-refractivity contribution is 7.89. The summed E-state index contributed by atoms with van der Waals surface area (Å²) >= 11 is 0. The fourth-order valence-electron chi connectivity index (χ4n) is 3.39. The summed E-state index contributed by atoms with van der Waals surface area (Å²) in [6.07, 6.45) is 4.23. The SMILES string of the molecule is COc1ccc(S(=O)(=O)N[C@H](CC(=O)O)c2ccc(OC3CCCC3)cc2)cc1. The summed E-state index contributed by atoms with van der Waals surface area (Å²) in [7, 11) is -2.42. The molecule has 0 bridgehead atoms. The first-order valence-electron chi connectivity index (χ1n) is 9.52. The van der Waals surface area contributed by atoms with Gasteiger partial charge in [-0.3, -0.25) is 4.79 Å². The van der Waals surface area contributed by atoms with Crippen molar-refractivity contribution in [2.24, 2.45) is 0 Å². The van der Waals surface area contributed by atoms with Crippen molar-refractivity contribution in [3.05, 3.63) is 54.1 Å². The first kappa shape index (κ1) is 21.1. The van der Waals surface area contributed by atoms with Gasteiger partial charge in [-0.1, -0.05) is 12.1 Å². The van der Waals surface area contributed by atoms with Crippen LogP contribution in [0.1, 0.15) is 43.7 Å². The maximum absolute atomic E-state index is 12.7. The van der Waals surface area contributed by atoms with Crippen LogP contribution in [0.25, 0.3) is 0 Å². The van der Waals surface area contributed by atoms with Crippen molar-refractivity contribution >= 4 is 16.0 Å². The van der Waals surface area contributed by atoms with Gasteiger partial charge in [0.2, 0.25) is 10.0 Å². The van der Waals surface area contributed by atoms with E-state index in [0.717, 1.165) is 25.7 Å². The zero-order valence-electron chi connectivity index (χ0n) is 16.2. The Hall–Kier alpha value is -2.58. The molecule has 0 amide bonds. The normalized spacial score (nSPS) is 15.8. The standard InChI is InChI=1S/C21H25NO6S/c1-27-16-10-12-19(13-11-16)29(25,26)22-20(14-21(23)24)15-6-8-18(9-7-15)28-17-4-2-3-5-17/h6-13,17,20,22H,2-5,14H2,1H3,(H,23,24)/t20-/m1/s1. The zero-order valence-corrected chi connectivity index (χ0v) is 17.0. The number of rotatable bonds is 9. The summed E-state index contributed by atoms with van der Waals surface area (Å²) in [6.45, 7) is 0. The third-order valence-corrected chi connectivity index (χ3v) is 6.42. The first-order chi connectivity index (χ1) is 13.9. The summed E-state index contributed by atoms with van der Waals surface area (Å²) in [5.74, 6) is 0.135. The summed E-state index contributed by atoms with van der Waals surface area (Å²) in [5, 5.41) is 9.25. The second kappa shape index (κ2) is 9.28. The van der Waals surface area contributed by atoms with Crippen LogP contribution in [0.5, 0.6) is 11.5 Å². The lowest BCUT2D eigenvalue weighted by Gasteiger charge is -2.19. The molecule has 8 heteroatoms. The Balaban J connectivity index is 1.76. The van der Waals surface area contributed by atoms with E-state index in [1.807, 2.05) is 0 Å². The van der Waals surface area contributed by atoms with Gasteiger partial charge in [0, 0.05) is 0 Å². The number of sulfonamides is 1. The third-order valence-electron chi connectivity index (χ3n) is 4.93. The Labute approximate surface area is 170 Å². The van der Waals surface area contributed by atoms with E-state index in [1.165, 1.54) is 31.4 Å². The third kappa shape index (κ3) is 5.71. The van der Waals surface area contributed by atoms with Gasteiger partial charge < -0.3 is 14.6 Å². The molecule has 1 saturated carbocycles. The van der Waals surface area contributed by atoms with Gasteiger partial charge >= 0.3 is 5.97 Å². The van der Waals surface area contributed by atoms with Crippen LogP contribution in [0.2, 0.25) is 0 Å². The molecule has 1 aliphatic carbocycles. The highest BCUT2D eigenvalue weighted by Crippen LogP contribution is 2.27. The van der Waals surface area contributed by atoms with Gasteiger partial charge in [-0.25, -0.2) is 13.1 Å². The van der Waals surface area contributed by atoms with Crippen molar-refractivity contribution in [3.8, 4) is 11.5 Å². The second-order valence-corrected chi connectivity index (χ2v) is 8.75. The molecule has 1 fully saturated rings. The Bertz CT molecular complexity index is 919. The molecular weight excluding hydrogens is 394 g/mol. The number of hydrogen-bond acceptors (Lipinski definition) is 5. The molecule has 0 spiro atoms. The molecule has 0 unspecified atom stereocenters. The predicted octanol–water partition coefficient (Wildman–Crippen LogP) is 3.51. The van der Waals surface area contributed by atoms with E-state index in [4.69, 9.17) is 9.47 Å². The van der Waals surface area contributed by atoms with Gasteiger partial charge in [-0.2, -0.15) is 0 Å². The van der Waals surface area contributed by atoms with E-state index < -0.39 is 22.0 Å². The van der Waals surface area contributed by atoms with Crippen molar-refractivity contribution in [2.45, 2.75) is 49.1 Å². The van der Waals surface area contributed by atoms with Crippen molar-refractivity contribution in [1.29, 1.82) is 0 Å². The van der Waals surface area contributed by atoms with Crippen LogP contribution in [-0.2, 0) is 14.8 Å². The average molecular weight is 419 g/mol. The first-order valence-corrected chi connectivity index (χ1v) is 11.0. The lowest BCUT2D eigenvalue weighted by atomic mass is 10.0. The maximum atomic E-state index is 12.7. The number of methoxy groups -OCH3 is 1. The van der Waals surface area contributed by atoms with Crippen LogP contribution in [0.4, 0.5) is 0 Å². The molecule has 0 saturated heterocycles. The number of carbonyl (C=O) groups is 1. The summed E-state index contributed by atoms with van der Waals surface area (Å²) in [4.78, 5) is 11.3. The largest absolute Gasteiger partial charge is 0.497 e. The Kier molecular flexibility index (Phi) is 6.76. The topological polar surface area (TPSA) is 102 Å². The van der Waals surface area contributed by atoms with Gasteiger partial charge in [0.1, 0.15) is 11.5 Å². The van der Waals surface area contributed by atoms with E-state index in [-0.39, 0.29) is 17.4 Å². The lowest BCUT2D eigenvalue weighted by molar-refractivity contribution is -0.137. The van der Waals surface area contributed by atoms with E-state index in [1.54, 1.807) is 24.3 Å². The quantitative estimate of drug-likeness (QED) is 0.645. The minimum atomic E-state index is -3.91. The molecule has 1 aliphatic rings. The van der Waals surface area contributed by atoms with Crippen LogP contribution < -0.4 is 14.2 Å². The maximum Gasteiger partial charge on any atom is 0.305 e. The average Bonchev–Trinajstić information content (AvgIpc) is 3.20. The second-order valence-electron chi connectivity index (χ2n) is 7.04. The number of carboxylic acids is 1. The van der Waals surface area contributed by atoms with Crippen molar-refractivity contribution in [1.82, 2.24) is 4.72 Å². The smallest absolute Gasteiger partial charge is 0.305 e. The van der Waals surface area contributed by atoms with E-state index in [0.29, 0.717) is 17.1 Å². The number of aliphatic carboxylic acids is 1. The summed E-state index contributed by atoms with van der Waals surface area (Å²) < 4.78 is 38.9. The Morgan fingerprint density at radius 2 is 1.66 bits per heavy atom. The van der Waals surface area contributed by atoms with Gasteiger partial charge in [0.15, 0.2) is 0 Å². The monoisotopic (exact) mass is 419 g/mol. The molecule has 2 N–H and O–H groups in total. The fraction of sp³-hybridized carbons (Fsp3) is 0.381. The van der Waals surface area contributed by atoms with Crippen LogP contribution >= 0.6 is 0 Å². The molecule has 156 valence electrons. The van der Waals surface area contributed by atoms with Crippen LogP contribution in [-0.4, -0.2) is 32.7 Å². The minimum absolute atomic E-state index is 0.0369. The molecule has 2 aromatic carbocycles. The molecule has 0 heterocycles. The van der Waals surface area contributed by atoms with Gasteiger partial charge in [0.25, 0.3) is 0 Å². The molecule has 7 nitrogen and oxygen atoms in total.